The molecule has 3 aromatic rings. The molecule has 1 N–H and O–H groups in total. The third-order valence-corrected chi connectivity index (χ3v) is 11.4. The smallest absolute Gasteiger partial charge is 0.225 e. The number of nitriles is 2. The molecule has 3 fully saturated rings. The van der Waals surface area contributed by atoms with Gasteiger partial charge in [0.15, 0.2) is 9.84 Å². The van der Waals surface area contributed by atoms with Crippen molar-refractivity contribution in [3.05, 3.63) is 59.5 Å². The van der Waals surface area contributed by atoms with Gasteiger partial charge < -0.3 is 10.2 Å². The van der Waals surface area contributed by atoms with Crippen molar-refractivity contribution in [2.75, 3.05) is 29.5 Å². The van der Waals surface area contributed by atoms with Crippen LogP contribution < -0.4 is 10.2 Å². The van der Waals surface area contributed by atoms with Gasteiger partial charge in [0.2, 0.25) is 5.91 Å². The fourth-order valence-electron chi connectivity index (χ4n) is 5.99. The first-order valence-electron chi connectivity index (χ1n) is 14.2. The van der Waals surface area contributed by atoms with Crippen molar-refractivity contribution >= 4 is 32.8 Å². The Balaban J connectivity index is 1.38. The molecule has 2 aliphatic carbocycles. The molecule has 2 unspecified atom stereocenters. The first-order chi connectivity index (χ1) is 20.2. The highest BCUT2D eigenvalue weighted by atomic mass is 32.2. The van der Waals surface area contributed by atoms with Crippen LogP contribution in [0.3, 0.4) is 0 Å². The number of carbonyl (C=O) groups is 1. The minimum absolute atomic E-state index is 0.117. The second-order valence-electron chi connectivity index (χ2n) is 11.4. The van der Waals surface area contributed by atoms with E-state index < -0.39 is 21.2 Å². The molecule has 0 radical (unpaired) electrons. The Hall–Kier alpha value is -3.80. The van der Waals surface area contributed by atoms with Crippen LogP contribution in [-0.4, -0.2) is 49.4 Å². The Morgan fingerprint density at radius 1 is 1.07 bits per heavy atom. The van der Waals surface area contributed by atoms with E-state index in [9.17, 15) is 28.1 Å². The van der Waals surface area contributed by atoms with Crippen LogP contribution in [0.15, 0.2) is 42.5 Å². The van der Waals surface area contributed by atoms with E-state index in [-0.39, 0.29) is 34.8 Å². The first kappa shape index (κ1) is 28.3. The standard InChI is InChI=1S/C31H30FN5O3S2/c32-22-7-10-24(21(17-22)18-33)30-35-27(25-3-1-2-4-26(25)29(38)36-31(19-34)11-12-31)28(41-30)20-5-8-23(9-6-20)37-13-15-42(39,40)16-14-37/h5-10,17,25-26H,1-4,11-16H2,(H,36,38). The lowest BCUT2D eigenvalue weighted by Gasteiger charge is -2.31. The average molecular weight is 604 g/mol. The van der Waals surface area contributed by atoms with E-state index >= 15 is 0 Å². The zero-order chi connectivity index (χ0) is 29.5. The van der Waals surface area contributed by atoms with Crippen molar-refractivity contribution in [2.24, 2.45) is 5.92 Å². The van der Waals surface area contributed by atoms with Crippen LogP contribution in [0.25, 0.3) is 21.0 Å². The summed E-state index contributed by atoms with van der Waals surface area (Å²) in [6.07, 6.45) is 4.65. The Labute approximate surface area is 248 Å². The SMILES string of the molecule is N#Cc1cc(F)ccc1-c1nc(C2CCCCC2C(=O)NC2(C#N)CC2)c(-c2ccc(N3CCS(=O)(=O)CC3)cc2)s1. The number of thiazole rings is 1. The number of anilines is 1. The number of rotatable bonds is 6. The van der Waals surface area contributed by atoms with Crippen LogP contribution >= 0.6 is 11.3 Å². The van der Waals surface area contributed by atoms with E-state index in [4.69, 9.17) is 4.98 Å². The number of benzene rings is 2. The van der Waals surface area contributed by atoms with Crippen molar-refractivity contribution < 1.29 is 17.6 Å². The molecular weight excluding hydrogens is 574 g/mol. The van der Waals surface area contributed by atoms with E-state index in [2.05, 4.69) is 22.4 Å². The van der Waals surface area contributed by atoms with Gasteiger partial charge in [-0.15, -0.1) is 11.3 Å². The number of nitrogens with one attached hydrogen (secondary N) is 1. The molecule has 8 nitrogen and oxygen atoms in total. The molecule has 3 aliphatic rings. The summed E-state index contributed by atoms with van der Waals surface area (Å²) >= 11 is 1.42. The van der Waals surface area contributed by atoms with Crippen molar-refractivity contribution in [2.45, 2.75) is 50.0 Å². The zero-order valence-corrected chi connectivity index (χ0v) is 24.6. The lowest BCUT2D eigenvalue weighted by molar-refractivity contribution is -0.127. The predicted octanol–water partition coefficient (Wildman–Crippen LogP) is 5.17. The molecular formula is C31H30FN5O3S2. The maximum absolute atomic E-state index is 14.0. The van der Waals surface area contributed by atoms with E-state index in [1.807, 2.05) is 24.3 Å². The first-order valence-corrected chi connectivity index (χ1v) is 16.8. The molecule has 11 heteroatoms. The minimum Gasteiger partial charge on any atom is -0.369 e. The number of amides is 1. The summed E-state index contributed by atoms with van der Waals surface area (Å²) in [6.45, 7) is 0.893. The lowest BCUT2D eigenvalue weighted by atomic mass is 9.76. The molecule has 2 saturated carbocycles. The van der Waals surface area contributed by atoms with Crippen molar-refractivity contribution in [3.8, 4) is 33.2 Å². The predicted molar refractivity (Wildman–Crippen MR) is 159 cm³/mol. The van der Waals surface area contributed by atoms with Crippen LogP contribution in [0.4, 0.5) is 10.1 Å². The molecule has 1 aliphatic heterocycles. The number of hydrogen-bond acceptors (Lipinski definition) is 8. The topological polar surface area (TPSA) is 127 Å². The molecule has 0 spiro atoms. The van der Waals surface area contributed by atoms with Gasteiger partial charge >= 0.3 is 0 Å². The van der Waals surface area contributed by atoms with Crippen LogP contribution in [0.2, 0.25) is 0 Å². The van der Waals surface area contributed by atoms with Gasteiger partial charge in [-0.2, -0.15) is 10.5 Å². The summed E-state index contributed by atoms with van der Waals surface area (Å²) in [5, 5.41) is 22.9. The van der Waals surface area contributed by atoms with Gasteiger partial charge in [-0.25, -0.2) is 17.8 Å². The number of nitrogens with zero attached hydrogens (tertiary/aromatic N) is 4. The van der Waals surface area contributed by atoms with Gasteiger partial charge in [-0.3, -0.25) is 4.79 Å². The lowest BCUT2D eigenvalue weighted by Crippen LogP contribution is -2.42. The van der Waals surface area contributed by atoms with Gasteiger partial charge in [-0.05, 0) is 61.6 Å². The quantitative estimate of drug-likeness (QED) is 0.412. The molecule has 42 heavy (non-hydrogen) atoms. The number of halogens is 1. The number of sulfone groups is 1. The Bertz CT molecular complexity index is 1700. The third kappa shape index (κ3) is 5.64. The number of aromatic nitrogens is 1. The average Bonchev–Trinajstić information content (AvgIpc) is 3.64. The van der Waals surface area contributed by atoms with E-state index in [1.54, 1.807) is 6.07 Å². The van der Waals surface area contributed by atoms with Gasteiger partial charge in [0.1, 0.15) is 16.4 Å². The highest BCUT2D eigenvalue weighted by molar-refractivity contribution is 7.91. The van der Waals surface area contributed by atoms with Crippen LogP contribution in [0.1, 0.15) is 55.7 Å². The van der Waals surface area contributed by atoms with Gasteiger partial charge in [0, 0.05) is 36.2 Å². The Morgan fingerprint density at radius 2 is 1.79 bits per heavy atom. The van der Waals surface area contributed by atoms with Gasteiger partial charge in [0.05, 0.1) is 39.8 Å². The monoisotopic (exact) mass is 603 g/mol. The number of hydrogen-bond donors (Lipinski definition) is 1. The van der Waals surface area contributed by atoms with Gasteiger partial charge in [-0.1, -0.05) is 25.0 Å². The fourth-order valence-corrected chi connectivity index (χ4v) is 8.37. The van der Waals surface area contributed by atoms with Crippen LogP contribution in [-0.2, 0) is 14.6 Å². The summed E-state index contributed by atoms with van der Waals surface area (Å²) < 4.78 is 37.7. The van der Waals surface area contributed by atoms with Crippen molar-refractivity contribution in [1.82, 2.24) is 10.3 Å². The van der Waals surface area contributed by atoms with E-state index in [1.165, 1.54) is 23.5 Å². The largest absolute Gasteiger partial charge is 0.369 e. The molecule has 2 aromatic carbocycles. The second kappa shape index (κ2) is 11.1. The summed E-state index contributed by atoms with van der Waals surface area (Å²) in [7, 11) is -2.99. The maximum Gasteiger partial charge on any atom is 0.225 e. The summed E-state index contributed by atoms with van der Waals surface area (Å²) in [5.41, 5.74) is 2.60. The summed E-state index contributed by atoms with van der Waals surface area (Å²) in [4.78, 5) is 21.5. The fraction of sp³-hybridized carbons (Fsp3) is 0.419. The second-order valence-corrected chi connectivity index (χ2v) is 14.7. The summed E-state index contributed by atoms with van der Waals surface area (Å²) in [6, 6.07) is 16.4. The Morgan fingerprint density at radius 3 is 2.45 bits per heavy atom. The summed E-state index contributed by atoms with van der Waals surface area (Å²) in [5.74, 6) is -0.858. The molecule has 1 aromatic heterocycles. The van der Waals surface area contributed by atoms with E-state index in [0.717, 1.165) is 41.1 Å². The van der Waals surface area contributed by atoms with Crippen molar-refractivity contribution in [1.29, 1.82) is 10.5 Å². The molecule has 2 heterocycles. The highest BCUT2D eigenvalue weighted by Crippen LogP contribution is 2.47. The van der Waals surface area contributed by atoms with Gasteiger partial charge in [0.25, 0.3) is 0 Å². The maximum atomic E-state index is 14.0. The molecule has 2 atom stereocenters. The third-order valence-electron chi connectivity index (χ3n) is 8.61. The minimum atomic E-state index is -2.99. The molecule has 216 valence electrons. The molecule has 0 bridgehead atoms. The number of carbonyl (C=O) groups excluding carboxylic acids is 1. The normalized spacial score (nSPS) is 22.5. The molecule has 6 rings (SSSR count). The van der Waals surface area contributed by atoms with Crippen LogP contribution in [0.5, 0.6) is 0 Å². The highest BCUT2D eigenvalue weighted by Gasteiger charge is 2.47. The van der Waals surface area contributed by atoms with Crippen molar-refractivity contribution in [3.63, 3.8) is 0 Å². The Kier molecular flexibility index (Phi) is 7.50. The zero-order valence-electron chi connectivity index (χ0n) is 23.0. The molecule has 1 saturated heterocycles. The molecule has 1 amide bonds. The van der Waals surface area contributed by atoms with E-state index in [0.29, 0.717) is 42.9 Å². The van der Waals surface area contributed by atoms with Crippen LogP contribution in [0, 0.1) is 34.4 Å².